The molecule has 0 aromatic heterocycles. The van der Waals surface area contributed by atoms with Crippen molar-refractivity contribution in [2.75, 3.05) is 12.9 Å². The molecule has 1 atom stereocenters. The van der Waals surface area contributed by atoms with Crippen LogP contribution in [0.25, 0.3) is 0 Å². The van der Waals surface area contributed by atoms with Gasteiger partial charge in [0.05, 0.1) is 7.11 Å². The zero-order chi connectivity index (χ0) is 14.3. The lowest BCUT2D eigenvalue weighted by atomic mass is 9.97. The number of nitrogens with two attached hydrogens (primary N) is 1. The van der Waals surface area contributed by atoms with Gasteiger partial charge < -0.3 is 15.6 Å². The van der Waals surface area contributed by atoms with E-state index >= 15 is 0 Å². The van der Waals surface area contributed by atoms with Gasteiger partial charge >= 0.3 is 5.97 Å². The van der Waals surface area contributed by atoms with Crippen LogP contribution >= 0.6 is 11.8 Å². The van der Waals surface area contributed by atoms with Gasteiger partial charge in [-0.2, -0.15) is 0 Å². The van der Waals surface area contributed by atoms with Crippen molar-refractivity contribution in [3.8, 4) is 5.75 Å². The summed E-state index contributed by atoms with van der Waals surface area (Å²) in [5.74, 6) is 0.862. The van der Waals surface area contributed by atoms with Gasteiger partial charge in [-0.1, -0.05) is 12.5 Å². The molecule has 3 N–H and O–H groups in total. The predicted octanol–water partition coefficient (Wildman–Crippen LogP) is 2.76. The molecule has 4 nitrogen and oxygen atoms in total. The maximum absolute atomic E-state index is 10.8. The van der Waals surface area contributed by atoms with E-state index in [1.165, 1.54) is 0 Å². The lowest BCUT2D eigenvalue weighted by Gasteiger charge is -2.18. The molecule has 106 valence electrons. The van der Waals surface area contributed by atoms with Gasteiger partial charge in [0, 0.05) is 4.90 Å². The summed E-state index contributed by atoms with van der Waals surface area (Å²) in [5.41, 5.74) is 4.56. The summed E-state index contributed by atoms with van der Waals surface area (Å²) in [6.45, 7) is 1.56. The molecule has 0 radical (unpaired) electrons. The highest BCUT2D eigenvalue weighted by molar-refractivity contribution is 7.99. The molecular formula is C14H21NO3S. The maximum atomic E-state index is 10.8. The van der Waals surface area contributed by atoms with E-state index in [0.717, 1.165) is 29.2 Å². The molecule has 0 aliphatic heterocycles. The average Bonchev–Trinajstić information content (AvgIpc) is 2.38. The largest absolute Gasteiger partial charge is 0.497 e. The second-order valence-corrected chi connectivity index (χ2v) is 5.88. The molecule has 1 rings (SSSR count). The van der Waals surface area contributed by atoms with E-state index in [4.69, 9.17) is 15.6 Å². The number of hydrogen-bond acceptors (Lipinski definition) is 4. The van der Waals surface area contributed by atoms with Gasteiger partial charge in [-0.25, -0.2) is 0 Å². The molecular weight excluding hydrogens is 262 g/mol. The number of carboxylic acids is 1. The van der Waals surface area contributed by atoms with Gasteiger partial charge in [0.2, 0.25) is 0 Å². The number of hydrogen-bond donors (Lipinski definition) is 2. The van der Waals surface area contributed by atoms with E-state index < -0.39 is 11.5 Å². The Balaban J connectivity index is 2.26. The molecule has 5 heteroatoms. The van der Waals surface area contributed by atoms with Crippen LogP contribution < -0.4 is 10.5 Å². The Morgan fingerprint density at radius 2 is 2.21 bits per heavy atom. The summed E-state index contributed by atoms with van der Waals surface area (Å²) >= 11 is 1.74. The van der Waals surface area contributed by atoms with Crippen molar-refractivity contribution in [2.24, 2.45) is 5.73 Å². The smallest absolute Gasteiger partial charge is 0.323 e. The maximum Gasteiger partial charge on any atom is 0.323 e. The summed E-state index contributed by atoms with van der Waals surface area (Å²) in [6.07, 6.45) is 2.26. The Kier molecular flexibility index (Phi) is 6.18. The van der Waals surface area contributed by atoms with Gasteiger partial charge in [0.1, 0.15) is 11.3 Å². The lowest BCUT2D eigenvalue weighted by Crippen LogP contribution is -2.44. The summed E-state index contributed by atoms with van der Waals surface area (Å²) in [7, 11) is 1.65. The fourth-order valence-corrected chi connectivity index (χ4v) is 2.54. The minimum Gasteiger partial charge on any atom is -0.497 e. The Hall–Kier alpha value is -1.20. The molecule has 0 amide bonds. The minimum absolute atomic E-state index is 0.501. The molecule has 1 aromatic rings. The number of aliphatic carboxylic acids is 1. The number of methoxy groups -OCH3 is 1. The van der Waals surface area contributed by atoms with Crippen LogP contribution in [0, 0.1) is 0 Å². The Bertz CT molecular complexity index is 421. The van der Waals surface area contributed by atoms with Crippen LogP contribution in [0.1, 0.15) is 26.2 Å². The Labute approximate surface area is 118 Å². The number of benzene rings is 1. The van der Waals surface area contributed by atoms with Crippen molar-refractivity contribution < 1.29 is 14.6 Å². The SMILES string of the molecule is COc1cccc(SCCCCC(C)(N)C(=O)O)c1. The number of unbranched alkanes of at least 4 members (excludes halogenated alkanes) is 1. The van der Waals surface area contributed by atoms with Crippen LogP contribution in [0.2, 0.25) is 0 Å². The third-order valence-electron chi connectivity index (χ3n) is 2.89. The molecule has 0 saturated carbocycles. The molecule has 0 heterocycles. The molecule has 1 unspecified atom stereocenters. The van der Waals surface area contributed by atoms with Crippen molar-refractivity contribution in [1.82, 2.24) is 0 Å². The lowest BCUT2D eigenvalue weighted by molar-refractivity contribution is -0.142. The van der Waals surface area contributed by atoms with Crippen LogP contribution in [0.5, 0.6) is 5.75 Å². The fraction of sp³-hybridized carbons (Fsp3) is 0.500. The van der Waals surface area contributed by atoms with E-state index in [-0.39, 0.29) is 0 Å². The molecule has 0 fully saturated rings. The standard InChI is InChI=1S/C14H21NO3S/c1-14(15,13(16)17)8-3-4-9-19-12-7-5-6-11(10-12)18-2/h5-7,10H,3-4,8-9,15H2,1-2H3,(H,16,17). The minimum atomic E-state index is -1.11. The van der Waals surface area contributed by atoms with Crippen LogP contribution in [0.3, 0.4) is 0 Å². The van der Waals surface area contributed by atoms with Crippen molar-refractivity contribution in [3.63, 3.8) is 0 Å². The van der Waals surface area contributed by atoms with Crippen LogP contribution in [-0.2, 0) is 4.79 Å². The highest BCUT2D eigenvalue weighted by Gasteiger charge is 2.26. The monoisotopic (exact) mass is 283 g/mol. The topological polar surface area (TPSA) is 72.5 Å². The van der Waals surface area contributed by atoms with Crippen LogP contribution in [0.15, 0.2) is 29.2 Å². The van der Waals surface area contributed by atoms with Gasteiger partial charge in [-0.15, -0.1) is 11.8 Å². The summed E-state index contributed by atoms with van der Waals surface area (Å²) in [5, 5.41) is 8.89. The molecule has 0 saturated heterocycles. The van der Waals surface area contributed by atoms with Crippen LogP contribution in [0.4, 0.5) is 0 Å². The highest BCUT2D eigenvalue weighted by Crippen LogP contribution is 2.24. The molecule has 19 heavy (non-hydrogen) atoms. The third-order valence-corrected chi connectivity index (χ3v) is 3.97. The highest BCUT2D eigenvalue weighted by atomic mass is 32.2. The normalized spacial score (nSPS) is 13.8. The van der Waals surface area contributed by atoms with Crippen molar-refractivity contribution in [2.45, 2.75) is 36.6 Å². The molecule has 0 bridgehead atoms. The summed E-state index contributed by atoms with van der Waals surface area (Å²) in [4.78, 5) is 12.0. The number of ether oxygens (including phenoxy) is 1. The number of carboxylic acid groups (broad SMARTS) is 1. The van der Waals surface area contributed by atoms with Crippen molar-refractivity contribution >= 4 is 17.7 Å². The fourth-order valence-electron chi connectivity index (χ4n) is 1.58. The zero-order valence-corrected chi connectivity index (χ0v) is 12.2. The second kappa shape index (κ2) is 7.40. The van der Waals surface area contributed by atoms with E-state index in [1.807, 2.05) is 24.3 Å². The van der Waals surface area contributed by atoms with Gasteiger partial charge in [-0.3, -0.25) is 4.79 Å². The first-order valence-corrected chi connectivity index (χ1v) is 7.23. The Morgan fingerprint density at radius 1 is 1.47 bits per heavy atom. The van der Waals surface area contributed by atoms with Crippen LogP contribution in [-0.4, -0.2) is 29.5 Å². The first kappa shape index (κ1) is 15.9. The van der Waals surface area contributed by atoms with Gasteiger partial charge in [0.15, 0.2) is 0 Å². The third kappa shape index (κ3) is 5.53. The Morgan fingerprint density at radius 3 is 2.84 bits per heavy atom. The van der Waals surface area contributed by atoms with E-state index in [9.17, 15) is 4.79 Å². The first-order chi connectivity index (χ1) is 8.95. The summed E-state index contributed by atoms with van der Waals surface area (Å²) in [6, 6.07) is 7.91. The summed E-state index contributed by atoms with van der Waals surface area (Å²) < 4.78 is 5.16. The van der Waals surface area contributed by atoms with Crippen molar-refractivity contribution in [3.05, 3.63) is 24.3 Å². The molecule has 1 aromatic carbocycles. The number of rotatable bonds is 8. The predicted molar refractivity (Wildman–Crippen MR) is 77.8 cm³/mol. The number of carbonyl (C=O) groups is 1. The molecule has 0 spiro atoms. The number of thioether (sulfide) groups is 1. The molecule has 0 aliphatic carbocycles. The van der Waals surface area contributed by atoms with E-state index in [2.05, 4.69) is 0 Å². The first-order valence-electron chi connectivity index (χ1n) is 6.25. The van der Waals surface area contributed by atoms with Crippen molar-refractivity contribution in [1.29, 1.82) is 0 Å². The molecule has 0 aliphatic rings. The second-order valence-electron chi connectivity index (χ2n) is 4.71. The van der Waals surface area contributed by atoms with E-state index in [0.29, 0.717) is 6.42 Å². The van der Waals surface area contributed by atoms with Gasteiger partial charge in [0.25, 0.3) is 0 Å². The zero-order valence-electron chi connectivity index (χ0n) is 11.4. The van der Waals surface area contributed by atoms with E-state index in [1.54, 1.807) is 25.8 Å². The average molecular weight is 283 g/mol. The quantitative estimate of drug-likeness (QED) is 0.567. The van der Waals surface area contributed by atoms with Gasteiger partial charge in [-0.05, 0) is 43.7 Å².